The SMILES string of the molecule is O=C(Cc1ccc2c(c1)NC(=O)CCO2)NCc1ccccn1. The second-order valence-electron chi connectivity index (χ2n) is 5.25. The van der Waals surface area contributed by atoms with Crippen LogP contribution in [-0.4, -0.2) is 23.4 Å². The lowest BCUT2D eigenvalue weighted by Gasteiger charge is -2.10. The largest absolute Gasteiger partial charge is 0.491 e. The van der Waals surface area contributed by atoms with Gasteiger partial charge in [0, 0.05) is 6.20 Å². The first-order chi connectivity index (χ1) is 11.2. The number of hydrogen-bond acceptors (Lipinski definition) is 4. The fourth-order valence-corrected chi connectivity index (χ4v) is 2.32. The number of pyridine rings is 1. The van der Waals surface area contributed by atoms with Gasteiger partial charge in [-0.05, 0) is 29.8 Å². The Bertz CT molecular complexity index is 716. The average molecular weight is 311 g/mol. The number of rotatable bonds is 4. The molecule has 23 heavy (non-hydrogen) atoms. The van der Waals surface area contributed by atoms with Crippen LogP contribution in [0.25, 0.3) is 0 Å². The van der Waals surface area contributed by atoms with E-state index in [2.05, 4.69) is 15.6 Å². The Morgan fingerprint density at radius 1 is 1.30 bits per heavy atom. The normalized spacial score (nSPS) is 13.3. The molecule has 118 valence electrons. The lowest BCUT2D eigenvalue weighted by Crippen LogP contribution is -2.25. The molecule has 1 aliphatic rings. The van der Waals surface area contributed by atoms with E-state index in [4.69, 9.17) is 4.74 Å². The summed E-state index contributed by atoms with van der Waals surface area (Å²) >= 11 is 0. The molecule has 2 aromatic rings. The lowest BCUT2D eigenvalue weighted by molar-refractivity contribution is -0.120. The molecule has 2 heterocycles. The molecule has 0 saturated carbocycles. The zero-order valence-corrected chi connectivity index (χ0v) is 12.5. The van der Waals surface area contributed by atoms with Gasteiger partial charge in [0.25, 0.3) is 0 Å². The Morgan fingerprint density at radius 2 is 2.22 bits per heavy atom. The predicted molar refractivity (Wildman–Crippen MR) is 85.0 cm³/mol. The van der Waals surface area contributed by atoms with Gasteiger partial charge in [0.2, 0.25) is 11.8 Å². The van der Waals surface area contributed by atoms with Crippen molar-refractivity contribution >= 4 is 17.5 Å². The van der Waals surface area contributed by atoms with E-state index in [1.54, 1.807) is 18.3 Å². The monoisotopic (exact) mass is 311 g/mol. The summed E-state index contributed by atoms with van der Waals surface area (Å²) in [4.78, 5) is 27.7. The van der Waals surface area contributed by atoms with Crippen molar-refractivity contribution < 1.29 is 14.3 Å². The average Bonchev–Trinajstić information content (AvgIpc) is 2.74. The molecule has 0 spiro atoms. The molecule has 0 bridgehead atoms. The number of nitrogens with zero attached hydrogens (tertiary/aromatic N) is 1. The van der Waals surface area contributed by atoms with Crippen molar-refractivity contribution in [3.8, 4) is 5.75 Å². The predicted octanol–water partition coefficient (Wildman–Crippen LogP) is 1.66. The summed E-state index contributed by atoms with van der Waals surface area (Å²) in [6, 6.07) is 11.0. The molecule has 1 aromatic heterocycles. The van der Waals surface area contributed by atoms with E-state index in [9.17, 15) is 9.59 Å². The zero-order chi connectivity index (χ0) is 16.1. The van der Waals surface area contributed by atoms with Gasteiger partial charge >= 0.3 is 0 Å². The summed E-state index contributed by atoms with van der Waals surface area (Å²) in [5, 5.41) is 5.62. The van der Waals surface area contributed by atoms with Gasteiger partial charge in [-0.15, -0.1) is 0 Å². The van der Waals surface area contributed by atoms with E-state index in [1.165, 1.54) is 0 Å². The van der Waals surface area contributed by atoms with Crippen LogP contribution in [0.5, 0.6) is 5.75 Å². The zero-order valence-electron chi connectivity index (χ0n) is 12.5. The summed E-state index contributed by atoms with van der Waals surface area (Å²) in [5.41, 5.74) is 2.24. The molecule has 0 unspecified atom stereocenters. The molecule has 6 nitrogen and oxygen atoms in total. The highest BCUT2D eigenvalue weighted by molar-refractivity contribution is 5.93. The van der Waals surface area contributed by atoms with Crippen LogP contribution in [0.15, 0.2) is 42.6 Å². The third-order valence-electron chi connectivity index (χ3n) is 3.46. The van der Waals surface area contributed by atoms with Crippen LogP contribution in [0, 0.1) is 0 Å². The summed E-state index contributed by atoms with van der Waals surface area (Å²) in [7, 11) is 0. The van der Waals surface area contributed by atoms with Crippen LogP contribution < -0.4 is 15.4 Å². The minimum atomic E-state index is -0.100. The van der Waals surface area contributed by atoms with Crippen molar-refractivity contribution in [2.75, 3.05) is 11.9 Å². The highest BCUT2D eigenvalue weighted by Gasteiger charge is 2.14. The number of ether oxygens (including phenoxy) is 1. The minimum absolute atomic E-state index is 0.0829. The standard InChI is InChI=1S/C17H17N3O3/c21-16-6-8-23-15-5-4-12(9-14(15)20-16)10-17(22)19-11-13-3-1-2-7-18-13/h1-5,7,9H,6,8,10-11H2,(H,19,22)(H,20,21). The molecule has 0 aliphatic carbocycles. The van der Waals surface area contributed by atoms with Crippen molar-refractivity contribution in [3.05, 3.63) is 53.9 Å². The molecule has 1 aliphatic heterocycles. The van der Waals surface area contributed by atoms with Crippen LogP contribution in [0.2, 0.25) is 0 Å². The molecule has 6 heteroatoms. The molecule has 0 atom stereocenters. The van der Waals surface area contributed by atoms with Crippen LogP contribution in [-0.2, 0) is 22.6 Å². The van der Waals surface area contributed by atoms with Gasteiger partial charge in [-0.1, -0.05) is 12.1 Å². The van der Waals surface area contributed by atoms with Gasteiger partial charge in [-0.2, -0.15) is 0 Å². The Kier molecular flexibility index (Phi) is 4.52. The topological polar surface area (TPSA) is 80.3 Å². The number of anilines is 1. The number of carbonyl (C=O) groups excluding carboxylic acids is 2. The second kappa shape index (κ2) is 6.91. The number of hydrogen-bond donors (Lipinski definition) is 2. The number of carbonyl (C=O) groups is 2. The van der Waals surface area contributed by atoms with Crippen LogP contribution in [0.1, 0.15) is 17.7 Å². The first-order valence-corrected chi connectivity index (χ1v) is 7.43. The van der Waals surface area contributed by atoms with E-state index >= 15 is 0 Å². The maximum atomic E-state index is 12.0. The van der Waals surface area contributed by atoms with Crippen molar-refractivity contribution in [1.29, 1.82) is 0 Å². The summed E-state index contributed by atoms with van der Waals surface area (Å²) in [6.07, 6.45) is 2.25. The van der Waals surface area contributed by atoms with Crippen LogP contribution in [0.4, 0.5) is 5.69 Å². The van der Waals surface area contributed by atoms with E-state index in [0.717, 1.165) is 11.3 Å². The Labute approximate surface area is 133 Å². The van der Waals surface area contributed by atoms with Crippen molar-refractivity contribution in [2.24, 2.45) is 0 Å². The van der Waals surface area contributed by atoms with E-state index < -0.39 is 0 Å². The van der Waals surface area contributed by atoms with Gasteiger partial charge in [0.15, 0.2) is 0 Å². The van der Waals surface area contributed by atoms with Gasteiger partial charge in [0.05, 0.1) is 37.4 Å². The highest BCUT2D eigenvalue weighted by atomic mass is 16.5. The first-order valence-electron chi connectivity index (χ1n) is 7.43. The van der Waals surface area contributed by atoms with Gasteiger partial charge in [-0.25, -0.2) is 0 Å². The van der Waals surface area contributed by atoms with Crippen LogP contribution >= 0.6 is 0 Å². The van der Waals surface area contributed by atoms with Gasteiger partial charge in [-0.3, -0.25) is 14.6 Å². The second-order valence-corrected chi connectivity index (χ2v) is 5.25. The third kappa shape index (κ3) is 4.06. The number of fused-ring (bicyclic) bond motifs is 1. The molecular formula is C17H17N3O3. The summed E-state index contributed by atoms with van der Waals surface area (Å²) in [5.74, 6) is 0.450. The first kappa shape index (κ1) is 15.0. The molecule has 3 rings (SSSR count). The quantitative estimate of drug-likeness (QED) is 0.900. The molecule has 0 radical (unpaired) electrons. The third-order valence-corrected chi connectivity index (χ3v) is 3.46. The van der Waals surface area contributed by atoms with Crippen molar-refractivity contribution in [1.82, 2.24) is 10.3 Å². The number of benzene rings is 1. The molecule has 1 aromatic carbocycles. The maximum Gasteiger partial charge on any atom is 0.227 e. The number of amides is 2. The number of aromatic nitrogens is 1. The molecule has 0 saturated heterocycles. The Hall–Kier alpha value is -2.89. The minimum Gasteiger partial charge on any atom is -0.491 e. The molecule has 0 fully saturated rings. The van der Waals surface area contributed by atoms with Crippen molar-refractivity contribution in [3.63, 3.8) is 0 Å². The highest BCUT2D eigenvalue weighted by Crippen LogP contribution is 2.28. The Morgan fingerprint density at radius 3 is 3.04 bits per heavy atom. The fourth-order valence-electron chi connectivity index (χ4n) is 2.32. The lowest BCUT2D eigenvalue weighted by atomic mass is 10.1. The van der Waals surface area contributed by atoms with E-state index in [1.807, 2.05) is 24.3 Å². The van der Waals surface area contributed by atoms with Crippen molar-refractivity contribution in [2.45, 2.75) is 19.4 Å². The summed E-state index contributed by atoms with van der Waals surface area (Å²) < 4.78 is 5.49. The molecule has 2 N–H and O–H groups in total. The number of nitrogens with one attached hydrogen (secondary N) is 2. The smallest absolute Gasteiger partial charge is 0.227 e. The molecular weight excluding hydrogens is 294 g/mol. The van der Waals surface area contributed by atoms with E-state index in [-0.39, 0.29) is 18.2 Å². The Balaban J connectivity index is 1.61. The van der Waals surface area contributed by atoms with E-state index in [0.29, 0.717) is 31.0 Å². The van der Waals surface area contributed by atoms with Crippen LogP contribution in [0.3, 0.4) is 0 Å². The maximum absolute atomic E-state index is 12.0. The summed E-state index contributed by atoms with van der Waals surface area (Å²) in [6.45, 7) is 0.757. The van der Waals surface area contributed by atoms with Gasteiger partial charge in [0.1, 0.15) is 5.75 Å². The van der Waals surface area contributed by atoms with Gasteiger partial charge < -0.3 is 15.4 Å². The molecule has 2 amide bonds. The fraction of sp³-hybridized carbons (Fsp3) is 0.235.